The molecule has 0 aliphatic heterocycles. The summed E-state index contributed by atoms with van der Waals surface area (Å²) in [6.45, 7) is 6.40. The first-order valence-corrected chi connectivity index (χ1v) is 29.0. The van der Waals surface area contributed by atoms with Gasteiger partial charge in [-0.3, -0.25) is 14.4 Å². The van der Waals surface area contributed by atoms with Gasteiger partial charge in [-0.25, -0.2) is 0 Å². The van der Waals surface area contributed by atoms with Gasteiger partial charge < -0.3 is 14.2 Å². The van der Waals surface area contributed by atoms with E-state index in [9.17, 15) is 14.4 Å². The zero-order chi connectivity index (χ0) is 51.4. The fourth-order valence-corrected chi connectivity index (χ4v) is 7.58. The third-order valence-electron chi connectivity index (χ3n) is 11.9. The molecular formula is C65H106O6. The van der Waals surface area contributed by atoms with Gasteiger partial charge in [-0.1, -0.05) is 232 Å². The first-order valence-electron chi connectivity index (χ1n) is 29.0. The lowest BCUT2D eigenvalue weighted by Gasteiger charge is -2.18. The number of carbonyl (C=O) groups excluding carboxylic acids is 3. The maximum absolute atomic E-state index is 12.8. The number of rotatable bonds is 51. The van der Waals surface area contributed by atoms with Crippen LogP contribution in [0.2, 0.25) is 0 Å². The first kappa shape index (κ1) is 66.8. The maximum atomic E-state index is 12.8. The second-order valence-corrected chi connectivity index (χ2v) is 18.8. The van der Waals surface area contributed by atoms with E-state index in [1.54, 1.807) is 0 Å². The van der Waals surface area contributed by atoms with Crippen molar-refractivity contribution in [3.8, 4) is 0 Å². The zero-order valence-corrected chi connectivity index (χ0v) is 45.9. The summed E-state index contributed by atoms with van der Waals surface area (Å²) in [6.07, 6.45) is 80.6. The minimum absolute atomic E-state index is 0.121. The Morgan fingerprint density at radius 2 is 0.563 bits per heavy atom. The van der Waals surface area contributed by atoms with Crippen LogP contribution in [0.4, 0.5) is 0 Å². The fourth-order valence-electron chi connectivity index (χ4n) is 7.58. The molecule has 0 N–H and O–H groups in total. The van der Waals surface area contributed by atoms with Crippen LogP contribution in [0, 0.1) is 0 Å². The van der Waals surface area contributed by atoms with E-state index in [-0.39, 0.29) is 44.0 Å². The fraction of sp³-hybridized carbons (Fsp3) is 0.646. The highest BCUT2D eigenvalue weighted by Crippen LogP contribution is 2.14. The van der Waals surface area contributed by atoms with Crippen molar-refractivity contribution in [1.29, 1.82) is 0 Å². The van der Waals surface area contributed by atoms with Gasteiger partial charge in [0.2, 0.25) is 0 Å². The SMILES string of the molecule is CC/C=C\C/C=C\C/C=C\C/C=C\C/C=C\CCCC(=O)OC[C@H](COC(=O)CCCCCCCCCCC/C=C\CCCCCCCC)OC(=O)CCC/C=C\C/C=C\C/C=C\C/C=C\CCCCC. The number of hydrogen-bond acceptors (Lipinski definition) is 6. The van der Waals surface area contributed by atoms with Crippen LogP contribution in [-0.2, 0) is 28.6 Å². The second kappa shape index (κ2) is 58.4. The van der Waals surface area contributed by atoms with E-state index in [1.807, 2.05) is 0 Å². The average Bonchev–Trinajstić information content (AvgIpc) is 3.37. The molecule has 71 heavy (non-hydrogen) atoms. The molecule has 0 spiro atoms. The Bertz CT molecular complexity index is 1500. The molecule has 0 rings (SSSR count). The lowest BCUT2D eigenvalue weighted by molar-refractivity contribution is -0.167. The number of allylic oxidation sites excluding steroid dienone is 20. The lowest BCUT2D eigenvalue weighted by Crippen LogP contribution is -2.30. The van der Waals surface area contributed by atoms with E-state index in [4.69, 9.17) is 14.2 Å². The highest BCUT2D eigenvalue weighted by Gasteiger charge is 2.19. The van der Waals surface area contributed by atoms with Crippen LogP contribution in [0.15, 0.2) is 122 Å². The molecule has 0 amide bonds. The Balaban J connectivity index is 4.55. The Kier molecular flexibility index (Phi) is 54.9. The van der Waals surface area contributed by atoms with Gasteiger partial charge in [0, 0.05) is 19.3 Å². The topological polar surface area (TPSA) is 78.9 Å². The van der Waals surface area contributed by atoms with Crippen molar-refractivity contribution in [1.82, 2.24) is 0 Å². The quantitative estimate of drug-likeness (QED) is 0.0261. The normalized spacial score (nSPS) is 13.0. The second-order valence-electron chi connectivity index (χ2n) is 18.8. The minimum atomic E-state index is -0.834. The van der Waals surface area contributed by atoms with Crippen LogP contribution >= 0.6 is 0 Å². The van der Waals surface area contributed by atoms with Crippen LogP contribution in [0.1, 0.15) is 252 Å². The van der Waals surface area contributed by atoms with E-state index in [0.717, 1.165) is 83.5 Å². The van der Waals surface area contributed by atoms with Gasteiger partial charge in [0.05, 0.1) is 0 Å². The number of hydrogen-bond donors (Lipinski definition) is 0. The van der Waals surface area contributed by atoms with Crippen molar-refractivity contribution in [2.45, 2.75) is 258 Å². The average molecular weight is 984 g/mol. The van der Waals surface area contributed by atoms with Crippen LogP contribution < -0.4 is 0 Å². The van der Waals surface area contributed by atoms with Crippen molar-refractivity contribution < 1.29 is 28.6 Å². The summed E-state index contributed by atoms with van der Waals surface area (Å²) in [7, 11) is 0. The van der Waals surface area contributed by atoms with Gasteiger partial charge in [0.1, 0.15) is 13.2 Å². The largest absolute Gasteiger partial charge is 0.462 e. The summed E-state index contributed by atoms with van der Waals surface area (Å²) in [6, 6.07) is 0. The summed E-state index contributed by atoms with van der Waals surface area (Å²) in [5, 5.41) is 0. The molecule has 0 aromatic carbocycles. The molecule has 0 aliphatic carbocycles. The van der Waals surface area contributed by atoms with Gasteiger partial charge in [-0.05, 0) is 122 Å². The predicted molar refractivity (Wildman–Crippen MR) is 306 cm³/mol. The summed E-state index contributed by atoms with van der Waals surface area (Å²) in [5.41, 5.74) is 0. The number of esters is 3. The molecule has 0 saturated heterocycles. The first-order chi connectivity index (χ1) is 35.0. The molecule has 0 aromatic heterocycles. The highest BCUT2D eigenvalue weighted by molar-refractivity contribution is 5.71. The maximum Gasteiger partial charge on any atom is 0.306 e. The van der Waals surface area contributed by atoms with Gasteiger partial charge >= 0.3 is 17.9 Å². The van der Waals surface area contributed by atoms with E-state index >= 15 is 0 Å². The molecule has 0 heterocycles. The Morgan fingerprint density at radius 1 is 0.296 bits per heavy atom. The van der Waals surface area contributed by atoms with Crippen LogP contribution in [-0.4, -0.2) is 37.2 Å². The third-order valence-corrected chi connectivity index (χ3v) is 11.9. The molecule has 1 atom stereocenters. The van der Waals surface area contributed by atoms with Crippen molar-refractivity contribution in [3.05, 3.63) is 122 Å². The van der Waals surface area contributed by atoms with E-state index in [2.05, 4.69) is 142 Å². The molecule has 6 heteroatoms. The summed E-state index contributed by atoms with van der Waals surface area (Å²) >= 11 is 0. The standard InChI is InChI=1S/C65H106O6/c1-4-7-10-13-16-19-22-25-28-31-32-35-37-40-43-46-49-52-55-58-64(67)70-61-62(71-65(68)59-56-53-50-47-44-41-38-34-30-27-24-21-18-15-12-9-6-3)60-69-63(66)57-54-51-48-45-42-39-36-33-29-26-23-20-17-14-11-8-5-2/h8,11,17-18,20-21,25-30,36,38-39,41,45,47-48,50,62H,4-7,9-10,12-16,19,22-24,31-35,37,40,42-44,46,49,51-61H2,1-3H3/b11-8-,20-17-,21-18-,28-25-,29-26-,30-27-,39-36-,41-38-,48-45-,50-47-/t62-/m1/s1. The molecule has 0 aromatic rings. The number of ether oxygens (including phenoxy) is 3. The van der Waals surface area contributed by atoms with Crippen molar-refractivity contribution >= 4 is 17.9 Å². The molecule has 402 valence electrons. The molecule has 0 saturated carbocycles. The smallest absolute Gasteiger partial charge is 0.306 e. The molecular weight excluding hydrogens is 877 g/mol. The van der Waals surface area contributed by atoms with Crippen LogP contribution in [0.25, 0.3) is 0 Å². The minimum Gasteiger partial charge on any atom is -0.462 e. The van der Waals surface area contributed by atoms with E-state index in [1.165, 1.54) is 116 Å². The Morgan fingerprint density at radius 3 is 0.958 bits per heavy atom. The van der Waals surface area contributed by atoms with Crippen molar-refractivity contribution in [3.63, 3.8) is 0 Å². The summed E-state index contributed by atoms with van der Waals surface area (Å²) in [4.78, 5) is 38.1. The van der Waals surface area contributed by atoms with Gasteiger partial charge in [0.25, 0.3) is 0 Å². The molecule has 0 fully saturated rings. The van der Waals surface area contributed by atoms with Gasteiger partial charge in [-0.2, -0.15) is 0 Å². The van der Waals surface area contributed by atoms with Crippen LogP contribution in [0.3, 0.4) is 0 Å². The Labute approximate surface area is 437 Å². The van der Waals surface area contributed by atoms with Crippen LogP contribution in [0.5, 0.6) is 0 Å². The van der Waals surface area contributed by atoms with E-state index in [0.29, 0.717) is 19.3 Å². The molecule has 6 nitrogen and oxygen atoms in total. The summed E-state index contributed by atoms with van der Waals surface area (Å²) in [5.74, 6) is -1.04. The predicted octanol–water partition coefficient (Wildman–Crippen LogP) is 19.6. The lowest BCUT2D eigenvalue weighted by atomic mass is 10.1. The van der Waals surface area contributed by atoms with Crippen molar-refractivity contribution in [2.24, 2.45) is 0 Å². The van der Waals surface area contributed by atoms with Crippen molar-refractivity contribution in [2.75, 3.05) is 13.2 Å². The molecule has 0 unspecified atom stereocenters. The van der Waals surface area contributed by atoms with E-state index < -0.39 is 6.10 Å². The number of carbonyl (C=O) groups is 3. The van der Waals surface area contributed by atoms with Gasteiger partial charge in [-0.15, -0.1) is 0 Å². The molecule has 0 radical (unpaired) electrons. The molecule has 0 aliphatic rings. The monoisotopic (exact) mass is 983 g/mol. The van der Waals surface area contributed by atoms with Gasteiger partial charge in [0.15, 0.2) is 6.10 Å². The molecule has 0 bridgehead atoms. The number of unbranched alkanes of at least 4 members (excludes halogenated alkanes) is 20. The Hall–Kier alpha value is -4.19. The highest BCUT2D eigenvalue weighted by atomic mass is 16.6. The zero-order valence-electron chi connectivity index (χ0n) is 45.9. The summed E-state index contributed by atoms with van der Waals surface area (Å²) < 4.78 is 16.8. The third kappa shape index (κ3) is 56.6.